The molecule has 0 bridgehead atoms. The molecule has 0 fully saturated rings. The van der Waals surface area contributed by atoms with E-state index in [0.29, 0.717) is 0 Å². The van der Waals surface area contributed by atoms with Gasteiger partial charge < -0.3 is 0 Å². The highest BCUT2D eigenvalue weighted by atomic mass is 14.0. The van der Waals surface area contributed by atoms with Crippen molar-refractivity contribution < 1.29 is 0 Å². The molecule has 17 heavy (non-hydrogen) atoms. The van der Waals surface area contributed by atoms with Gasteiger partial charge in [-0.1, -0.05) is 75.4 Å². The predicted molar refractivity (Wildman–Crippen MR) is 78.2 cm³/mol. The first-order chi connectivity index (χ1) is 8.38. The second-order valence-electron chi connectivity index (χ2n) is 4.72. The Labute approximate surface area is 107 Å². The number of rotatable bonds is 8. The van der Waals surface area contributed by atoms with Crippen LogP contribution in [0.2, 0.25) is 0 Å². The van der Waals surface area contributed by atoms with Crippen molar-refractivity contribution in [2.45, 2.75) is 58.8 Å². The van der Waals surface area contributed by atoms with Crippen molar-refractivity contribution in [3.8, 4) is 0 Å². The summed E-state index contributed by atoms with van der Waals surface area (Å²) < 4.78 is 0. The monoisotopic (exact) mass is 230 g/mol. The third-order valence-electron chi connectivity index (χ3n) is 3.20. The molecule has 0 N–H and O–H groups in total. The third-order valence-corrected chi connectivity index (χ3v) is 3.20. The van der Waals surface area contributed by atoms with Crippen LogP contribution in [0.4, 0.5) is 0 Å². The number of allylic oxidation sites excluding steroid dienone is 1. The zero-order valence-corrected chi connectivity index (χ0v) is 11.4. The van der Waals surface area contributed by atoms with Crippen LogP contribution in [0.1, 0.15) is 63.5 Å². The van der Waals surface area contributed by atoms with Gasteiger partial charge in [0.1, 0.15) is 0 Å². The van der Waals surface area contributed by atoms with Crippen molar-refractivity contribution in [3.63, 3.8) is 0 Å². The molecule has 0 atom stereocenters. The molecule has 0 amide bonds. The maximum atomic E-state index is 2.27. The van der Waals surface area contributed by atoms with Crippen molar-refractivity contribution in [2.24, 2.45) is 0 Å². The summed E-state index contributed by atoms with van der Waals surface area (Å²) in [4.78, 5) is 0. The molecule has 0 heterocycles. The zero-order chi connectivity index (χ0) is 12.3. The minimum absolute atomic E-state index is 1.23. The second kappa shape index (κ2) is 9.04. The van der Waals surface area contributed by atoms with E-state index in [0.717, 1.165) is 0 Å². The van der Waals surface area contributed by atoms with E-state index in [1.165, 1.54) is 56.1 Å². The lowest BCUT2D eigenvalue weighted by Crippen LogP contribution is -1.90. The average Bonchev–Trinajstić information content (AvgIpc) is 2.36. The summed E-state index contributed by atoms with van der Waals surface area (Å²) in [5.41, 5.74) is 2.89. The topological polar surface area (TPSA) is 0 Å². The molecule has 0 aliphatic rings. The van der Waals surface area contributed by atoms with E-state index in [9.17, 15) is 0 Å². The van der Waals surface area contributed by atoms with Crippen LogP contribution in [0, 0.1) is 0 Å². The number of hydrogen-bond donors (Lipinski definition) is 0. The largest absolute Gasteiger partial charge is 0.0871 e. The molecular formula is C17H26. The van der Waals surface area contributed by atoms with Crippen LogP contribution in [0.5, 0.6) is 0 Å². The maximum Gasteiger partial charge on any atom is -0.0228 e. The Morgan fingerprint density at radius 3 is 2.41 bits per heavy atom. The minimum Gasteiger partial charge on any atom is -0.0871 e. The molecular weight excluding hydrogens is 204 g/mol. The molecule has 94 valence electrons. The molecule has 0 radical (unpaired) electrons. The first-order valence-electron chi connectivity index (χ1n) is 7.09. The Morgan fingerprint density at radius 2 is 1.65 bits per heavy atom. The molecule has 1 aromatic carbocycles. The van der Waals surface area contributed by atoms with E-state index in [1.807, 2.05) is 0 Å². The summed E-state index contributed by atoms with van der Waals surface area (Å²) in [6.07, 6.45) is 13.8. The van der Waals surface area contributed by atoms with E-state index in [2.05, 4.69) is 50.3 Å². The van der Waals surface area contributed by atoms with Crippen molar-refractivity contribution in [1.82, 2.24) is 0 Å². The van der Waals surface area contributed by atoms with Gasteiger partial charge in [-0.15, -0.1) is 0 Å². The normalized spacial score (nSPS) is 11.2. The third kappa shape index (κ3) is 5.72. The number of aryl methyl sites for hydroxylation is 1. The van der Waals surface area contributed by atoms with Crippen molar-refractivity contribution >= 4 is 6.08 Å². The van der Waals surface area contributed by atoms with Gasteiger partial charge in [0.15, 0.2) is 0 Å². The Bertz CT molecular complexity index is 323. The molecule has 0 saturated carbocycles. The summed E-state index contributed by atoms with van der Waals surface area (Å²) in [5, 5.41) is 0. The van der Waals surface area contributed by atoms with E-state index in [4.69, 9.17) is 0 Å². The van der Waals surface area contributed by atoms with E-state index >= 15 is 0 Å². The van der Waals surface area contributed by atoms with E-state index in [1.54, 1.807) is 0 Å². The van der Waals surface area contributed by atoms with Gasteiger partial charge in [0.2, 0.25) is 0 Å². The lowest BCUT2D eigenvalue weighted by Gasteiger charge is -2.05. The molecule has 0 heteroatoms. The van der Waals surface area contributed by atoms with Crippen LogP contribution in [0.3, 0.4) is 0 Å². The van der Waals surface area contributed by atoms with E-state index in [-0.39, 0.29) is 0 Å². The second-order valence-corrected chi connectivity index (χ2v) is 4.72. The summed E-state index contributed by atoms with van der Waals surface area (Å²) in [7, 11) is 0. The summed E-state index contributed by atoms with van der Waals surface area (Å²) in [5.74, 6) is 0. The fourth-order valence-electron chi connectivity index (χ4n) is 2.20. The van der Waals surface area contributed by atoms with Crippen LogP contribution in [-0.4, -0.2) is 0 Å². The van der Waals surface area contributed by atoms with Crippen LogP contribution in [0.25, 0.3) is 6.08 Å². The highest BCUT2D eigenvalue weighted by molar-refractivity contribution is 5.53. The standard InChI is InChI=1S/C17H26/c1-3-5-6-7-8-9-13-17-15-11-10-14-16(17)12-4-2/h4,10-12,14-15H,3,5-9,13H2,1-2H3. The molecule has 1 rings (SSSR count). The zero-order valence-electron chi connectivity index (χ0n) is 11.4. The summed E-state index contributed by atoms with van der Waals surface area (Å²) in [6, 6.07) is 8.76. The van der Waals surface area contributed by atoms with Gasteiger partial charge in [0.05, 0.1) is 0 Å². The maximum absolute atomic E-state index is 2.27. The molecule has 0 aliphatic heterocycles. The Morgan fingerprint density at radius 1 is 0.941 bits per heavy atom. The van der Waals surface area contributed by atoms with E-state index < -0.39 is 0 Å². The molecule has 0 saturated heterocycles. The van der Waals surface area contributed by atoms with Gasteiger partial charge in [-0.3, -0.25) is 0 Å². The van der Waals surface area contributed by atoms with Crippen LogP contribution >= 0.6 is 0 Å². The quantitative estimate of drug-likeness (QED) is 0.508. The fraction of sp³-hybridized carbons (Fsp3) is 0.529. The Hall–Kier alpha value is -1.04. The number of benzene rings is 1. The van der Waals surface area contributed by atoms with Crippen LogP contribution in [-0.2, 0) is 6.42 Å². The number of unbranched alkanes of at least 4 members (excludes halogenated alkanes) is 5. The predicted octanol–water partition coefficient (Wildman–Crippen LogP) is 5.62. The molecule has 1 aromatic rings. The van der Waals surface area contributed by atoms with Crippen LogP contribution < -0.4 is 0 Å². The SMILES string of the molecule is CC=Cc1ccccc1CCCCCCCC. The molecule has 0 aliphatic carbocycles. The Kier molecular flexibility index (Phi) is 7.46. The molecule has 0 aromatic heterocycles. The lowest BCUT2D eigenvalue weighted by molar-refractivity contribution is 0.607. The number of hydrogen-bond acceptors (Lipinski definition) is 0. The first kappa shape index (κ1) is 14.0. The fourth-order valence-corrected chi connectivity index (χ4v) is 2.20. The smallest absolute Gasteiger partial charge is 0.0228 e. The molecule has 0 nitrogen and oxygen atoms in total. The van der Waals surface area contributed by atoms with Gasteiger partial charge in [-0.25, -0.2) is 0 Å². The van der Waals surface area contributed by atoms with Gasteiger partial charge in [0, 0.05) is 0 Å². The summed E-state index contributed by atoms with van der Waals surface area (Å²) in [6.45, 7) is 4.36. The molecule has 0 unspecified atom stereocenters. The van der Waals surface area contributed by atoms with Gasteiger partial charge in [-0.05, 0) is 30.9 Å². The van der Waals surface area contributed by atoms with Gasteiger partial charge in [0.25, 0.3) is 0 Å². The highest BCUT2D eigenvalue weighted by Crippen LogP contribution is 2.15. The minimum atomic E-state index is 1.23. The van der Waals surface area contributed by atoms with Gasteiger partial charge in [-0.2, -0.15) is 0 Å². The van der Waals surface area contributed by atoms with Crippen LogP contribution in [0.15, 0.2) is 30.3 Å². The lowest BCUT2D eigenvalue weighted by atomic mass is 10.00. The summed E-state index contributed by atoms with van der Waals surface area (Å²) >= 11 is 0. The van der Waals surface area contributed by atoms with Crippen molar-refractivity contribution in [3.05, 3.63) is 41.5 Å². The van der Waals surface area contributed by atoms with Gasteiger partial charge >= 0.3 is 0 Å². The average molecular weight is 230 g/mol. The van der Waals surface area contributed by atoms with Crippen molar-refractivity contribution in [1.29, 1.82) is 0 Å². The molecule has 0 spiro atoms. The van der Waals surface area contributed by atoms with Crippen molar-refractivity contribution in [2.75, 3.05) is 0 Å². The first-order valence-corrected chi connectivity index (χ1v) is 7.09. The Balaban J connectivity index is 2.31. The highest BCUT2D eigenvalue weighted by Gasteiger charge is 1.98.